The fraction of sp³-hybridized carbons (Fsp3) is 0.185. The predicted octanol–water partition coefficient (Wildman–Crippen LogP) is 3.51. The highest BCUT2D eigenvalue weighted by atomic mass is 19.1. The lowest BCUT2D eigenvalue weighted by atomic mass is 9.98. The second-order valence-electron chi connectivity index (χ2n) is 8.56. The molecular weight excluding hydrogens is 475 g/mol. The Morgan fingerprint density at radius 3 is 2.81 bits per heavy atom. The molecule has 1 fully saturated rings. The van der Waals surface area contributed by atoms with Gasteiger partial charge in [-0.15, -0.1) is 0 Å². The van der Waals surface area contributed by atoms with Gasteiger partial charge >= 0.3 is 0 Å². The largest absolute Gasteiger partial charge is 0.393 e. The summed E-state index contributed by atoms with van der Waals surface area (Å²) in [5.41, 5.74) is 2.11. The van der Waals surface area contributed by atoms with Crippen LogP contribution in [0, 0.1) is 5.82 Å². The van der Waals surface area contributed by atoms with Crippen LogP contribution in [0.15, 0.2) is 73.6 Å². The first-order valence-electron chi connectivity index (χ1n) is 11.7. The average Bonchev–Trinajstić information content (AvgIpc) is 2.93. The van der Waals surface area contributed by atoms with Gasteiger partial charge in [0.25, 0.3) is 0 Å². The summed E-state index contributed by atoms with van der Waals surface area (Å²) in [6.07, 6.45) is 4.39. The third kappa shape index (κ3) is 5.03. The second-order valence-corrected chi connectivity index (χ2v) is 8.56. The van der Waals surface area contributed by atoms with Crippen LogP contribution in [-0.2, 0) is 15.1 Å². The third-order valence-corrected chi connectivity index (χ3v) is 6.12. The highest BCUT2D eigenvalue weighted by Gasteiger charge is 2.36. The molecule has 1 atom stereocenters. The molecule has 37 heavy (non-hydrogen) atoms. The van der Waals surface area contributed by atoms with Gasteiger partial charge in [0.05, 0.1) is 36.3 Å². The van der Waals surface area contributed by atoms with Crippen LogP contribution in [0.5, 0.6) is 0 Å². The quantitative estimate of drug-likeness (QED) is 0.285. The smallest absolute Gasteiger partial charge is 0.247 e. The van der Waals surface area contributed by atoms with Crippen molar-refractivity contribution in [3.05, 3.63) is 85.1 Å². The minimum atomic E-state index is -0.887. The van der Waals surface area contributed by atoms with Crippen molar-refractivity contribution in [2.75, 3.05) is 36.9 Å². The van der Waals surface area contributed by atoms with Gasteiger partial charge in [0.1, 0.15) is 11.4 Å². The summed E-state index contributed by atoms with van der Waals surface area (Å²) in [4.78, 5) is 25.1. The van der Waals surface area contributed by atoms with E-state index in [1.54, 1.807) is 54.9 Å². The number of ether oxygens (including phenoxy) is 1. The average molecular weight is 501 g/mol. The van der Waals surface area contributed by atoms with E-state index in [9.17, 15) is 9.90 Å². The van der Waals surface area contributed by atoms with Gasteiger partial charge in [-0.3, -0.25) is 9.78 Å². The number of nitrogens with one attached hydrogen (secondary N) is 3. The molecule has 188 valence electrons. The molecule has 1 saturated heterocycles. The summed E-state index contributed by atoms with van der Waals surface area (Å²) in [5.74, 6) is -0.552. The van der Waals surface area contributed by atoms with Gasteiger partial charge in [-0.1, -0.05) is 18.7 Å². The number of hydrogen-bond acceptors (Lipinski definition) is 8. The van der Waals surface area contributed by atoms with E-state index in [1.807, 2.05) is 0 Å². The second kappa shape index (κ2) is 10.4. The van der Waals surface area contributed by atoms with Crippen molar-refractivity contribution in [2.24, 2.45) is 0 Å². The minimum absolute atomic E-state index is 0.194. The monoisotopic (exact) mass is 500 g/mol. The van der Waals surface area contributed by atoms with E-state index in [2.05, 4.69) is 37.5 Å². The lowest BCUT2D eigenvalue weighted by Crippen LogP contribution is -2.50. The zero-order valence-corrected chi connectivity index (χ0v) is 19.9. The number of pyridine rings is 1. The van der Waals surface area contributed by atoms with Crippen molar-refractivity contribution in [1.82, 2.24) is 20.3 Å². The van der Waals surface area contributed by atoms with E-state index < -0.39 is 11.4 Å². The number of aliphatic hydroxyl groups excluding tert-OH is 1. The number of halogens is 1. The summed E-state index contributed by atoms with van der Waals surface area (Å²) in [6.45, 7) is 4.92. The summed E-state index contributed by atoms with van der Waals surface area (Å²) < 4.78 is 20.9. The van der Waals surface area contributed by atoms with Gasteiger partial charge in [0.2, 0.25) is 11.9 Å². The van der Waals surface area contributed by atoms with Gasteiger partial charge in [-0.05, 0) is 48.0 Å². The lowest BCUT2D eigenvalue weighted by molar-refractivity contribution is -0.111. The molecular formula is C27H25FN6O3. The Hall–Kier alpha value is -4.25. The van der Waals surface area contributed by atoms with Crippen LogP contribution in [0.3, 0.4) is 0 Å². The molecule has 5 rings (SSSR count). The van der Waals surface area contributed by atoms with Gasteiger partial charge in [0, 0.05) is 35.9 Å². The van der Waals surface area contributed by atoms with Crippen molar-refractivity contribution >= 4 is 34.1 Å². The number of aliphatic hydroxyl groups is 1. The first-order chi connectivity index (χ1) is 18.0. The van der Waals surface area contributed by atoms with Gasteiger partial charge < -0.3 is 25.8 Å². The summed E-state index contributed by atoms with van der Waals surface area (Å²) in [5, 5.41) is 19.6. The molecule has 10 heteroatoms. The van der Waals surface area contributed by atoms with Crippen molar-refractivity contribution in [3.8, 4) is 11.1 Å². The molecule has 0 spiro atoms. The summed E-state index contributed by atoms with van der Waals surface area (Å²) >= 11 is 0. The van der Waals surface area contributed by atoms with E-state index in [0.29, 0.717) is 46.7 Å². The molecule has 1 aliphatic heterocycles. The highest BCUT2D eigenvalue weighted by molar-refractivity contribution is 6.00. The SMILES string of the molecule is C=CC(=O)Nc1cccc(-c2c(F)ccc3cnc(Nc4ccc(C5(CO)CNCCO5)nc4)nc23)c1. The molecule has 1 unspecified atom stereocenters. The number of hydrogen-bond donors (Lipinski definition) is 4. The molecule has 1 aliphatic rings. The fourth-order valence-electron chi connectivity index (χ4n) is 4.23. The molecule has 0 aliphatic carbocycles. The number of anilines is 3. The Labute approximate surface area is 212 Å². The maximum absolute atomic E-state index is 15.1. The predicted molar refractivity (Wildman–Crippen MR) is 139 cm³/mol. The maximum atomic E-state index is 15.1. The van der Waals surface area contributed by atoms with Crippen molar-refractivity contribution in [3.63, 3.8) is 0 Å². The zero-order valence-electron chi connectivity index (χ0n) is 19.9. The summed E-state index contributed by atoms with van der Waals surface area (Å²) in [6, 6.07) is 13.4. The van der Waals surface area contributed by atoms with Crippen LogP contribution in [0.4, 0.5) is 21.7 Å². The summed E-state index contributed by atoms with van der Waals surface area (Å²) in [7, 11) is 0. The normalized spacial score (nSPS) is 17.4. The van der Waals surface area contributed by atoms with Crippen molar-refractivity contribution < 1.29 is 19.0 Å². The maximum Gasteiger partial charge on any atom is 0.247 e. The van der Waals surface area contributed by atoms with E-state index in [0.717, 1.165) is 6.54 Å². The minimum Gasteiger partial charge on any atom is -0.393 e. The molecule has 2 aromatic carbocycles. The number of morpholine rings is 1. The van der Waals surface area contributed by atoms with Crippen LogP contribution in [0.2, 0.25) is 0 Å². The van der Waals surface area contributed by atoms with Crippen molar-refractivity contribution in [1.29, 1.82) is 0 Å². The van der Waals surface area contributed by atoms with E-state index in [4.69, 9.17) is 4.74 Å². The highest BCUT2D eigenvalue weighted by Crippen LogP contribution is 2.32. The van der Waals surface area contributed by atoms with Crippen LogP contribution < -0.4 is 16.0 Å². The lowest BCUT2D eigenvalue weighted by Gasteiger charge is -2.35. The molecule has 0 saturated carbocycles. The van der Waals surface area contributed by atoms with Crippen molar-refractivity contribution in [2.45, 2.75) is 5.60 Å². The Bertz CT molecular complexity index is 1450. The molecule has 2 aromatic heterocycles. The number of benzene rings is 2. The van der Waals surface area contributed by atoms with E-state index in [1.165, 1.54) is 12.1 Å². The van der Waals surface area contributed by atoms with E-state index >= 15 is 4.39 Å². The molecule has 9 nitrogen and oxygen atoms in total. The van der Waals surface area contributed by atoms with E-state index in [-0.39, 0.29) is 24.0 Å². The van der Waals surface area contributed by atoms with Gasteiger partial charge in [-0.2, -0.15) is 0 Å². The molecule has 4 aromatic rings. The Morgan fingerprint density at radius 1 is 1.19 bits per heavy atom. The van der Waals surface area contributed by atoms with Crippen LogP contribution in [-0.4, -0.2) is 52.3 Å². The molecule has 1 amide bonds. The number of fused-ring (bicyclic) bond motifs is 1. The Balaban J connectivity index is 1.46. The molecule has 4 N–H and O–H groups in total. The zero-order chi connectivity index (χ0) is 25.8. The Morgan fingerprint density at radius 2 is 2.08 bits per heavy atom. The number of aromatic nitrogens is 3. The Kier molecular flexibility index (Phi) is 6.87. The van der Waals surface area contributed by atoms with Crippen LogP contribution in [0.25, 0.3) is 22.0 Å². The van der Waals surface area contributed by atoms with Crippen LogP contribution >= 0.6 is 0 Å². The molecule has 0 radical (unpaired) electrons. The number of amides is 1. The fourth-order valence-corrected chi connectivity index (χ4v) is 4.23. The van der Waals surface area contributed by atoms with Gasteiger partial charge in [0.15, 0.2) is 0 Å². The number of rotatable bonds is 7. The number of carbonyl (C=O) groups excluding carboxylic acids is 1. The standard InChI is InChI=1S/C27H25FN6O3/c1-2-23(36)32-19-5-3-4-17(12-19)24-21(28)8-6-18-13-31-26(34-25(18)24)33-20-7-9-22(30-14-20)27(16-35)15-29-10-11-37-27/h2-9,12-14,29,35H,1,10-11,15-16H2,(H,32,36)(H,31,33,34). The number of nitrogens with zero attached hydrogens (tertiary/aromatic N) is 3. The topological polar surface area (TPSA) is 121 Å². The van der Waals surface area contributed by atoms with Gasteiger partial charge in [-0.25, -0.2) is 14.4 Å². The number of carbonyl (C=O) groups is 1. The molecule has 3 heterocycles. The third-order valence-electron chi connectivity index (χ3n) is 6.12. The molecule has 0 bridgehead atoms. The first kappa shape index (κ1) is 24.4. The van der Waals surface area contributed by atoms with Crippen LogP contribution in [0.1, 0.15) is 5.69 Å². The first-order valence-corrected chi connectivity index (χ1v) is 11.7.